The molecule has 2 rings (SSSR count). The van der Waals surface area contributed by atoms with E-state index in [0.717, 1.165) is 5.01 Å². The third kappa shape index (κ3) is 4.53. The van der Waals surface area contributed by atoms with Gasteiger partial charge in [-0.25, -0.2) is 15.0 Å². The number of ether oxygens (including phenoxy) is 3. The molecule has 126 valence electrons. The molecule has 24 heavy (non-hydrogen) atoms. The molecule has 0 saturated heterocycles. The van der Waals surface area contributed by atoms with Crippen molar-refractivity contribution in [2.24, 2.45) is 0 Å². The predicted octanol–water partition coefficient (Wildman–Crippen LogP) is 3.63. The van der Waals surface area contributed by atoms with E-state index in [4.69, 9.17) is 21.1 Å². The van der Waals surface area contributed by atoms with Crippen LogP contribution in [0, 0.1) is 0 Å². The maximum absolute atomic E-state index is 12.4. The summed E-state index contributed by atoms with van der Waals surface area (Å²) in [6, 6.07) is 12.7. The van der Waals surface area contributed by atoms with Gasteiger partial charge < -0.3 is 14.2 Å². The fourth-order valence-electron chi connectivity index (χ4n) is 1.75. The van der Waals surface area contributed by atoms with E-state index in [0.29, 0.717) is 16.5 Å². The van der Waals surface area contributed by atoms with Crippen molar-refractivity contribution < 1.29 is 23.8 Å². The molecule has 0 aliphatic carbocycles. The van der Waals surface area contributed by atoms with Crippen LogP contribution < -0.4 is 19.9 Å². The molecule has 1 N–H and O–H groups in total. The number of rotatable bonds is 3. The fraction of sp³-hybridized carbons (Fsp3) is 0.125. The molecule has 0 radical (unpaired) electrons. The second kappa shape index (κ2) is 8.07. The summed E-state index contributed by atoms with van der Waals surface area (Å²) in [5.41, 5.74) is 2.61. The van der Waals surface area contributed by atoms with Gasteiger partial charge in [0.1, 0.15) is 11.5 Å². The number of nitrogens with one attached hydrogen (secondary N) is 1. The van der Waals surface area contributed by atoms with Crippen molar-refractivity contribution in [3.8, 4) is 11.5 Å². The standard InChI is InChI=1S/C16H15ClN2O5/c1-22-14-5-3-4-12(10-14)19(18-15(20)23-2)16(21)24-13-8-6-11(17)7-9-13/h3-10H,1-2H3,(H,18,20). The Morgan fingerprint density at radius 2 is 1.75 bits per heavy atom. The first-order valence-electron chi connectivity index (χ1n) is 6.79. The summed E-state index contributed by atoms with van der Waals surface area (Å²) in [4.78, 5) is 23.9. The van der Waals surface area contributed by atoms with Crippen molar-refractivity contribution in [3.05, 3.63) is 53.6 Å². The number of carbonyl (C=O) groups is 2. The van der Waals surface area contributed by atoms with Crippen LogP contribution in [0.4, 0.5) is 15.3 Å². The number of methoxy groups -OCH3 is 2. The summed E-state index contributed by atoms with van der Waals surface area (Å²) in [7, 11) is 2.67. The van der Waals surface area contributed by atoms with Crippen LogP contribution in [-0.4, -0.2) is 26.4 Å². The normalized spacial score (nSPS) is 9.79. The molecular weight excluding hydrogens is 336 g/mol. The van der Waals surface area contributed by atoms with Crippen molar-refractivity contribution in [2.45, 2.75) is 0 Å². The van der Waals surface area contributed by atoms with Crippen LogP contribution in [0.25, 0.3) is 0 Å². The molecule has 7 nitrogen and oxygen atoms in total. The fourth-order valence-corrected chi connectivity index (χ4v) is 1.88. The van der Waals surface area contributed by atoms with Gasteiger partial charge in [-0.15, -0.1) is 0 Å². The van der Waals surface area contributed by atoms with Crippen LogP contribution in [0.15, 0.2) is 48.5 Å². The second-order valence-electron chi connectivity index (χ2n) is 4.46. The summed E-state index contributed by atoms with van der Waals surface area (Å²) in [6.45, 7) is 0. The number of benzene rings is 2. The van der Waals surface area contributed by atoms with Crippen LogP contribution >= 0.6 is 11.6 Å². The number of halogens is 1. The van der Waals surface area contributed by atoms with Gasteiger partial charge >= 0.3 is 12.2 Å². The molecule has 0 aliphatic rings. The van der Waals surface area contributed by atoms with E-state index >= 15 is 0 Å². The first kappa shape index (κ1) is 17.4. The maximum atomic E-state index is 12.4. The van der Waals surface area contributed by atoms with Gasteiger partial charge in [-0.2, -0.15) is 5.01 Å². The quantitative estimate of drug-likeness (QED) is 0.855. The minimum Gasteiger partial charge on any atom is -0.497 e. The first-order chi connectivity index (χ1) is 11.5. The van der Waals surface area contributed by atoms with E-state index in [2.05, 4.69) is 10.2 Å². The number of carbonyl (C=O) groups excluding carboxylic acids is 2. The van der Waals surface area contributed by atoms with Gasteiger partial charge in [-0.3, -0.25) is 0 Å². The van der Waals surface area contributed by atoms with E-state index in [1.165, 1.54) is 26.4 Å². The molecule has 0 aliphatic heterocycles. The predicted molar refractivity (Wildman–Crippen MR) is 88.5 cm³/mol. The Morgan fingerprint density at radius 1 is 1.04 bits per heavy atom. The molecule has 0 atom stereocenters. The zero-order valence-electron chi connectivity index (χ0n) is 13.0. The molecule has 0 saturated carbocycles. The maximum Gasteiger partial charge on any atom is 0.439 e. The van der Waals surface area contributed by atoms with Crippen molar-refractivity contribution in [1.82, 2.24) is 5.43 Å². The first-order valence-corrected chi connectivity index (χ1v) is 7.17. The zero-order valence-corrected chi connectivity index (χ0v) is 13.7. The molecule has 0 fully saturated rings. The highest BCUT2D eigenvalue weighted by molar-refractivity contribution is 6.30. The highest BCUT2D eigenvalue weighted by Gasteiger charge is 2.21. The minimum atomic E-state index is -0.837. The monoisotopic (exact) mass is 350 g/mol. The summed E-state index contributed by atoms with van der Waals surface area (Å²) >= 11 is 5.79. The topological polar surface area (TPSA) is 77.1 Å². The van der Waals surface area contributed by atoms with Gasteiger partial charge in [0.25, 0.3) is 0 Å². The third-order valence-electron chi connectivity index (χ3n) is 2.90. The van der Waals surface area contributed by atoms with Crippen molar-refractivity contribution in [1.29, 1.82) is 0 Å². The molecule has 0 aromatic heterocycles. The minimum absolute atomic E-state index is 0.268. The number of hydrazine groups is 1. The number of amides is 2. The smallest absolute Gasteiger partial charge is 0.439 e. The molecule has 0 unspecified atom stereocenters. The van der Waals surface area contributed by atoms with Crippen LogP contribution in [-0.2, 0) is 4.74 Å². The van der Waals surface area contributed by atoms with E-state index in [1.807, 2.05) is 0 Å². The van der Waals surface area contributed by atoms with Crippen molar-refractivity contribution in [3.63, 3.8) is 0 Å². The number of nitrogens with zero attached hydrogens (tertiary/aromatic N) is 1. The molecule has 8 heteroatoms. The Balaban J connectivity index is 2.25. The lowest BCUT2D eigenvalue weighted by atomic mass is 10.3. The summed E-state index contributed by atoms with van der Waals surface area (Å²) in [5.74, 6) is 0.771. The molecule has 2 amide bonds. The molecule has 2 aromatic carbocycles. The van der Waals surface area contributed by atoms with Gasteiger partial charge in [-0.1, -0.05) is 17.7 Å². The third-order valence-corrected chi connectivity index (χ3v) is 3.15. The largest absolute Gasteiger partial charge is 0.497 e. The van der Waals surface area contributed by atoms with E-state index in [9.17, 15) is 9.59 Å². The van der Waals surface area contributed by atoms with Gasteiger partial charge in [0.15, 0.2) is 0 Å². The summed E-state index contributed by atoms with van der Waals surface area (Å²) in [5, 5.41) is 1.41. The Morgan fingerprint density at radius 3 is 2.38 bits per heavy atom. The number of anilines is 1. The van der Waals surface area contributed by atoms with Gasteiger partial charge in [0, 0.05) is 11.1 Å². The molecule has 0 bridgehead atoms. The van der Waals surface area contributed by atoms with Crippen molar-refractivity contribution >= 4 is 29.5 Å². The van der Waals surface area contributed by atoms with Gasteiger partial charge in [-0.05, 0) is 36.4 Å². The Hall–Kier alpha value is -2.93. The summed E-state index contributed by atoms with van der Waals surface area (Å²) < 4.78 is 14.9. The summed E-state index contributed by atoms with van der Waals surface area (Å²) in [6.07, 6.45) is -1.66. The van der Waals surface area contributed by atoms with E-state index in [-0.39, 0.29) is 5.75 Å². The van der Waals surface area contributed by atoms with Gasteiger partial charge in [0.2, 0.25) is 0 Å². The average Bonchev–Trinajstić information content (AvgIpc) is 2.61. The average molecular weight is 351 g/mol. The zero-order chi connectivity index (χ0) is 17.5. The van der Waals surface area contributed by atoms with E-state index in [1.54, 1.807) is 36.4 Å². The SMILES string of the molecule is COC(=O)NN(C(=O)Oc1ccc(Cl)cc1)c1cccc(OC)c1. The lowest BCUT2D eigenvalue weighted by Crippen LogP contribution is -2.47. The highest BCUT2D eigenvalue weighted by Crippen LogP contribution is 2.22. The lowest BCUT2D eigenvalue weighted by molar-refractivity contribution is 0.165. The lowest BCUT2D eigenvalue weighted by Gasteiger charge is -2.22. The van der Waals surface area contributed by atoms with Crippen LogP contribution in [0.2, 0.25) is 5.02 Å². The van der Waals surface area contributed by atoms with Crippen LogP contribution in [0.3, 0.4) is 0 Å². The Bertz CT molecular complexity index is 721. The molecular formula is C16H15ClN2O5. The van der Waals surface area contributed by atoms with Crippen LogP contribution in [0.5, 0.6) is 11.5 Å². The van der Waals surface area contributed by atoms with E-state index < -0.39 is 12.2 Å². The number of hydrogen-bond donors (Lipinski definition) is 1. The molecule has 0 spiro atoms. The van der Waals surface area contributed by atoms with Crippen molar-refractivity contribution in [2.75, 3.05) is 19.2 Å². The number of hydrogen-bond acceptors (Lipinski definition) is 5. The second-order valence-corrected chi connectivity index (χ2v) is 4.90. The highest BCUT2D eigenvalue weighted by atomic mass is 35.5. The molecule has 0 heterocycles. The van der Waals surface area contributed by atoms with Crippen LogP contribution in [0.1, 0.15) is 0 Å². The Kier molecular flexibility index (Phi) is 5.86. The Labute approximate surface area is 143 Å². The van der Waals surface area contributed by atoms with Gasteiger partial charge in [0.05, 0.1) is 19.9 Å². The molecule has 2 aromatic rings.